The Kier molecular flexibility index (Phi) is 4.11. The van der Waals surface area contributed by atoms with E-state index in [2.05, 4.69) is 25.3 Å². The van der Waals surface area contributed by atoms with E-state index in [1.165, 1.54) is 6.33 Å². The van der Waals surface area contributed by atoms with E-state index in [0.29, 0.717) is 24.4 Å². The Balaban J connectivity index is 1.84. The first-order chi connectivity index (χ1) is 9.16. The third kappa shape index (κ3) is 3.54. The van der Waals surface area contributed by atoms with Crippen molar-refractivity contribution in [3.63, 3.8) is 0 Å². The predicted octanol–water partition coefficient (Wildman–Crippen LogP) is 0.992. The second-order valence-corrected chi connectivity index (χ2v) is 4.16. The van der Waals surface area contributed by atoms with Crippen molar-refractivity contribution in [3.8, 4) is 0 Å². The van der Waals surface area contributed by atoms with Crippen LogP contribution in [0.15, 0.2) is 6.33 Å². The van der Waals surface area contributed by atoms with Crippen molar-refractivity contribution < 1.29 is 9.90 Å². The summed E-state index contributed by atoms with van der Waals surface area (Å²) < 4.78 is 0. The molecule has 0 unspecified atom stereocenters. The molecular weight excluding hydrogens is 248 g/mol. The minimum absolute atomic E-state index is 0.174. The van der Waals surface area contributed by atoms with Gasteiger partial charge in [-0.1, -0.05) is 6.42 Å². The molecule has 0 atom stereocenters. The highest BCUT2D eigenvalue weighted by Gasteiger charge is 2.07. The summed E-state index contributed by atoms with van der Waals surface area (Å²) in [5.41, 5.74) is 6.84. The second-order valence-electron chi connectivity index (χ2n) is 4.16. The molecule has 0 bridgehead atoms. The SMILES string of the molecule is Nc1nc(NCCCCCC(=O)O)c2[nH]cnc2n1. The number of carbonyl (C=O) groups is 1. The number of unbranched alkanes of at least 4 members (excludes halogenated alkanes) is 2. The average molecular weight is 264 g/mol. The van der Waals surface area contributed by atoms with Gasteiger partial charge in [0.1, 0.15) is 5.52 Å². The monoisotopic (exact) mass is 264 g/mol. The number of aromatic nitrogens is 4. The zero-order valence-corrected chi connectivity index (χ0v) is 10.4. The summed E-state index contributed by atoms with van der Waals surface area (Å²) in [5.74, 6) is 0.0434. The van der Waals surface area contributed by atoms with Crippen LogP contribution in [-0.2, 0) is 4.79 Å². The number of carboxylic acid groups (broad SMARTS) is 1. The third-order valence-corrected chi connectivity index (χ3v) is 2.66. The van der Waals surface area contributed by atoms with E-state index in [9.17, 15) is 4.79 Å². The first-order valence-corrected chi connectivity index (χ1v) is 6.09. The van der Waals surface area contributed by atoms with Gasteiger partial charge < -0.3 is 21.1 Å². The van der Waals surface area contributed by atoms with Crippen LogP contribution in [0.2, 0.25) is 0 Å². The van der Waals surface area contributed by atoms with Crippen LogP contribution < -0.4 is 11.1 Å². The number of imidazole rings is 1. The third-order valence-electron chi connectivity index (χ3n) is 2.66. The lowest BCUT2D eigenvalue weighted by molar-refractivity contribution is -0.137. The number of rotatable bonds is 7. The Morgan fingerprint density at radius 2 is 2.21 bits per heavy atom. The highest BCUT2D eigenvalue weighted by molar-refractivity contribution is 5.83. The number of nitrogens with one attached hydrogen (secondary N) is 2. The summed E-state index contributed by atoms with van der Waals surface area (Å²) in [5, 5.41) is 11.7. The van der Waals surface area contributed by atoms with E-state index < -0.39 is 5.97 Å². The molecule has 2 rings (SSSR count). The molecule has 0 fully saturated rings. The van der Waals surface area contributed by atoms with Crippen molar-refractivity contribution in [1.29, 1.82) is 0 Å². The summed E-state index contributed by atoms with van der Waals surface area (Å²) in [7, 11) is 0. The molecule has 19 heavy (non-hydrogen) atoms. The van der Waals surface area contributed by atoms with Crippen LogP contribution in [0.4, 0.5) is 11.8 Å². The summed E-state index contributed by atoms with van der Waals surface area (Å²) in [6.45, 7) is 0.699. The van der Waals surface area contributed by atoms with Gasteiger partial charge in [0.25, 0.3) is 0 Å². The molecule has 0 radical (unpaired) electrons. The molecule has 102 valence electrons. The Morgan fingerprint density at radius 3 is 3.00 bits per heavy atom. The van der Waals surface area contributed by atoms with Gasteiger partial charge in [-0.05, 0) is 12.8 Å². The van der Waals surface area contributed by atoms with Crippen molar-refractivity contribution in [1.82, 2.24) is 19.9 Å². The number of H-pyrrole nitrogens is 1. The van der Waals surface area contributed by atoms with Crippen LogP contribution >= 0.6 is 0 Å². The van der Waals surface area contributed by atoms with Crippen molar-refractivity contribution in [3.05, 3.63) is 6.33 Å². The quantitative estimate of drug-likeness (QED) is 0.548. The maximum Gasteiger partial charge on any atom is 0.303 e. The van der Waals surface area contributed by atoms with Gasteiger partial charge in [-0.15, -0.1) is 0 Å². The standard InChI is InChI=1S/C11H16N6O2/c12-11-16-9(8-10(17-11)15-6-14-8)13-5-3-1-2-4-7(18)19/h6H,1-5H2,(H,18,19)(H4,12,13,14,15,16,17). The van der Waals surface area contributed by atoms with Crippen molar-refractivity contribution >= 4 is 28.9 Å². The fraction of sp³-hybridized carbons (Fsp3) is 0.455. The lowest BCUT2D eigenvalue weighted by atomic mass is 10.2. The van der Waals surface area contributed by atoms with Gasteiger partial charge in [0, 0.05) is 13.0 Å². The number of carboxylic acids is 1. The van der Waals surface area contributed by atoms with E-state index in [1.807, 2.05) is 0 Å². The number of fused-ring (bicyclic) bond motifs is 1. The molecule has 0 aromatic carbocycles. The van der Waals surface area contributed by atoms with E-state index >= 15 is 0 Å². The Morgan fingerprint density at radius 1 is 1.37 bits per heavy atom. The molecule has 0 saturated heterocycles. The highest BCUT2D eigenvalue weighted by Crippen LogP contribution is 2.17. The number of anilines is 2. The molecule has 0 aliphatic heterocycles. The van der Waals surface area contributed by atoms with Gasteiger partial charge in [0.2, 0.25) is 5.95 Å². The lowest BCUT2D eigenvalue weighted by Crippen LogP contribution is -2.07. The second kappa shape index (κ2) is 5.98. The molecular formula is C11H16N6O2. The summed E-state index contributed by atoms with van der Waals surface area (Å²) in [4.78, 5) is 25.4. The summed E-state index contributed by atoms with van der Waals surface area (Å²) >= 11 is 0. The Hall–Kier alpha value is -2.38. The van der Waals surface area contributed by atoms with E-state index in [1.54, 1.807) is 0 Å². The number of hydrogen-bond donors (Lipinski definition) is 4. The largest absolute Gasteiger partial charge is 0.481 e. The first-order valence-electron chi connectivity index (χ1n) is 6.09. The van der Waals surface area contributed by atoms with Gasteiger partial charge >= 0.3 is 5.97 Å². The van der Waals surface area contributed by atoms with E-state index in [-0.39, 0.29) is 12.4 Å². The zero-order valence-electron chi connectivity index (χ0n) is 10.4. The molecule has 0 aliphatic carbocycles. The number of aliphatic carboxylic acids is 1. The van der Waals surface area contributed by atoms with Gasteiger partial charge in [-0.2, -0.15) is 9.97 Å². The number of aromatic amines is 1. The van der Waals surface area contributed by atoms with E-state index in [0.717, 1.165) is 18.4 Å². The molecule has 2 aromatic heterocycles. The zero-order chi connectivity index (χ0) is 13.7. The van der Waals surface area contributed by atoms with Gasteiger partial charge in [-0.25, -0.2) is 4.98 Å². The molecule has 8 heteroatoms. The molecule has 8 nitrogen and oxygen atoms in total. The van der Waals surface area contributed by atoms with Gasteiger partial charge in [-0.3, -0.25) is 4.79 Å². The average Bonchev–Trinajstić information content (AvgIpc) is 2.80. The first kappa shape index (κ1) is 13.1. The Bertz CT molecular complexity index is 567. The van der Waals surface area contributed by atoms with Crippen LogP contribution in [0.5, 0.6) is 0 Å². The maximum absolute atomic E-state index is 10.4. The number of nitrogens with zero attached hydrogens (tertiary/aromatic N) is 3. The topological polar surface area (TPSA) is 130 Å². The fourth-order valence-corrected chi connectivity index (χ4v) is 1.76. The Labute approximate surface area is 109 Å². The summed E-state index contributed by atoms with van der Waals surface area (Å²) in [6, 6.07) is 0. The summed E-state index contributed by atoms with van der Waals surface area (Å²) in [6.07, 6.45) is 4.16. The van der Waals surface area contributed by atoms with Crippen molar-refractivity contribution in [2.24, 2.45) is 0 Å². The van der Waals surface area contributed by atoms with Crippen LogP contribution in [0.1, 0.15) is 25.7 Å². The maximum atomic E-state index is 10.4. The van der Waals surface area contributed by atoms with Crippen molar-refractivity contribution in [2.75, 3.05) is 17.6 Å². The lowest BCUT2D eigenvalue weighted by Gasteiger charge is -2.06. The smallest absolute Gasteiger partial charge is 0.303 e. The molecule has 2 aromatic rings. The molecule has 5 N–H and O–H groups in total. The van der Waals surface area contributed by atoms with Gasteiger partial charge in [0.15, 0.2) is 11.5 Å². The van der Waals surface area contributed by atoms with Crippen LogP contribution in [0.3, 0.4) is 0 Å². The van der Waals surface area contributed by atoms with Gasteiger partial charge in [0.05, 0.1) is 6.33 Å². The van der Waals surface area contributed by atoms with E-state index in [4.69, 9.17) is 10.8 Å². The molecule has 0 spiro atoms. The van der Waals surface area contributed by atoms with Crippen LogP contribution in [-0.4, -0.2) is 37.6 Å². The number of nitrogen functional groups attached to an aromatic ring is 1. The number of nitrogens with two attached hydrogens (primary N) is 1. The molecule has 2 heterocycles. The van der Waals surface area contributed by atoms with Crippen molar-refractivity contribution in [2.45, 2.75) is 25.7 Å². The number of hydrogen-bond acceptors (Lipinski definition) is 6. The molecule has 0 aliphatic rings. The molecule has 0 saturated carbocycles. The highest BCUT2D eigenvalue weighted by atomic mass is 16.4. The minimum Gasteiger partial charge on any atom is -0.481 e. The minimum atomic E-state index is -0.754. The van der Waals surface area contributed by atoms with Crippen LogP contribution in [0, 0.1) is 0 Å². The predicted molar refractivity (Wildman–Crippen MR) is 70.7 cm³/mol. The van der Waals surface area contributed by atoms with Crippen LogP contribution in [0.25, 0.3) is 11.2 Å². The fourth-order valence-electron chi connectivity index (χ4n) is 1.76. The molecule has 0 amide bonds. The normalized spacial score (nSPS) is 10.7.